The SMILES string of the molecule is CCCNc1nc(SCC)nc2c1cnn2CCNC(=O)C(CC)c1ccccc1. The van der Waals surface area contributed by atoms with Crippen LogP contribution in [0.4, 0.5) is 5.82 Å². The number of hydrogen-bond acceptors (Lipinski definition) is 6. The summed E-state index contributed by atoms with van der Waals surface area (Å²) in [6.45, 7) is 8.14. The van der Waals surface area contributed by atoms with E-state index in [1.165, 1.54) is 0 Å². The lowest BCUT2D eigenvalue weighted by atomic mass is 9.96. The van der Waals surface area contributed by atoms with Crippen LogP contribution in [0.5, 0.6) is 0 Å². The number of thioether (sulfide) groups is 1. The van der Waals surface area contributed by atoms with Crippen molar-refractivity contribution >= 4 is 34.5 Å². The number of hydrogen-bond donors (Lipinski definition) is 2. The van der Waals surface area contributed by atoms with E-state index in [1.807, 2.05) is 41.9 Å². The van der Waals surface area contributed by atoms with E-state index in [-0.39, 0.29) is 11.8 Å². The van der Waals surface area contributed by atoms with Crippen molar-refractivity contribution in [1.82, 2.24) is 25.1 Å². The average Bonchev–Trinajstić information content (AvgIpc) is 3.16. The van der Waals surface area contributed by atoms with E-state index in [1.54, 1.807) is 18.0 Å². The fourth-order valence-electron chi connectivity index (χ4n) is 3.34. The van der Waals surface area contributed by atoms with E-state index >= 15 is 0 Å². The van der Waals surface area contributed by atoms with Gasteiger partial charge in [0.2, 0.25) is 5.91 Å². The molecule has 2 N–H and O–H groups in total. The van der Waals surface area contributed by atoms with Gasteiger partial charge in [-0.2, -0.15) is 5.10 Å². The highest BCUT2D eigenvalue weighted by Gasteiger charge is 2.18. The molecule has 1 aromatic carbocycles. The molecular formula is C22H30N6OS. The first-order chi connectivity index (χ1) is 14.7. The van der Waals surface area contributed by atoms with E-state index in [9.17, 15) is 4.79 Å². The van der Waals surface area contributed by atoms with Crippen LogP contribution in [-0.4, -0.2) is 44.5 Å². The van der Waals surface area contributed by atoms with Crippen LogP contribution in [-0.2, 0) is 11.3 Å². The number of nitrogens with zero attached hydrogens (tertiary/aromatic N) is 4. The van der Waals surface area contributed by atoms with Crippen molar-refractivity contribution in [2.75, 3.05) is 24.2 Å². The summed E-state index contributed by atoms with van der Waals surface area (Å²) in [4.78, 5) is 22.0. The molecule has 8 heteroatoms. The van der Waals surface area contributed by atoms with E-state index < -0.39 is 0 Å². The van der Waals surface area contributed by atoms with Gasteiger partial charge in [0.15, 0.2) is 10.8 Å². The van der Waals surface area contributed by atoms with E-state index in [4.69, 9.17) is 0 Å². The molecule has 0 saturated heterocycles. The Morgan fingerprint density at radius 1 is 1.13 bits per heavy atom. The monoisotopic (exact) mass is 426 g/mol. The Morgan fingerprint density at radius 3 is 2.63 bits per heavy atom. The third-order valence-electron chi connectivity index (χ3n) is 4.84. The molecule has 0 spiro atoms. The summed E-state index contributed by atoms with van der Waals surface area (Å²) in [6.07, 6.45) is 3.58. The minimum absolute atomic E-state index is 0.0438. The zero-order valence-corrected chi connectivity index (χ0v) is 18.7. The number of fused-ring (bicyclic) bond motifs is 1. The average molecular weight is 427 g/mol. The zero-order chi connectivity index (χ0) is 21.3. The molecule has 0 aliphatic carbocycles. The normalized spacial score (nSPS) is 12.1. The molecule has 30 heavy (non-hydrogen) atoms. The van der Waals surface area contributed by atoms with Gasteiger partial charge in [-0.25, -0.2) is 14.6 Å². The molecule has 1 unspecified atom stereocenters. The Morgan fingerprint density at radius 2 is 1.93 bits per heavy atom. The zero-order valence-electron chi connectivity index (χ0n) is 17.9. The number of aromatic nitrogens is 4. The fraction of sp³-hybridized carbons (Fsp3) is 0.455. The van der Waals surface area contributed by atoms with E-state index in [0.717, 1.165) is 52.7 Å². The van der Waals surface area contributed by atoms with Crippen molar-refractivity contribution in [2.24, 2.45) is 0 Å². The van der Waals surface area contributed by atoms with Crippen LogP contribution >= 0.6 is 11.8 Å². The number of carbonyl (C=O) groups excluding carboxylic acids is 1. The summed E-state index contributed by atoms with van der Waals surface area (Å²) in [5.41, 5.74) is 1.84. The first-order valence-corrected chi connectivity index (χ1v) is 11.6. The number of amides is 1. The third-order valence-corrected chi connectivity index (χ3v) is 5.57. The largest absolute Gasteiger partial charge is 0.369 e. The summed E-state index contributed by atoms with van der Waals surface area (Å²) in [7, 11) is 0. The molecule has 0 fully saturated rings. The molecule has 2 aromatic heterocycles. The van der Waals surface area contributed by atoms with Crippen LogP contribution in [0, 0.1) is 0 Å². The van der Waals surface area contributed by atoms with Gasteiger partial charge in [0.1, 0.15) is 5.82 Å². The van der Waals surface area contributed by atoms with Crippen molar-refractivity contribution in [3.8, 4) is 0 Å². The van der Waals surface area contributed by atoms with Crippen molar-refractivity contribution < 1.29 is 4.79 Å². The van der Waals surface area contributed by atoms with Crippen molar-refractivity contribution in [3.63, 3.8) is 0 Å². The quantitative estimate of drug-likeness (QED) is 0.355. The highest BCUT2D eigenvalue weighted by molar-refractivity contribution is 7.99. The molecule has 160 valence electrons. The number of rotatable bonds is 11. The molecule has 0 aliphatic heterocycles. The maximum Gasteiger partial charge on any atom is 0.227 e. The van der Waals surface area contributed by atoms with Crippen molar-refractivity contribution in [1.29, 1.82) is 0 Å². The summed E-state index contributed by atoms with van der Waals surface area (Å²) >= 11 is 1.61. The molecule has 1 amide bonds. The standard InChI is InChI=1S/C22H30N6OS/c1-4-12-23-19-18-15-25-28(20(18)27-22(26-19)30-6-3)14-13-24-21(29)17(5-2)16-10-8-7-9-11-16/h7-11,15,17H,4-6,12-14H2,1-3H3,(H,24,29)(H,23,26,27). The Bertz CT molecular complexity index is 959. The topological polar surface area (TPSA) is 84.7 Å². The minimum Gasteiger partial charge on any atom is -0.369 e. The predicted molar refractivity (Wildman–Crippen MR) is 123 cm³/mol. The van der Waals surface area contributed by atoms with Gasteiger partial charge < -0.3 is 10.6 Å². The van der Waals surface area contributed by atoms with E-state index in [2.05, 4.69) is 39.5 Å². The molecule has 0 bridgehead atoms. The maximum atomic E-state index is 12.7. The van der Waals surface area contributed by atoms with Gasteiger partial charge >= 0.3 is 0 Å². The molecule has 1 atom stereocenters. The summed E-state index contributed by atoms with van der Waals surface area (Å²) in [5, 5.41) is 12.6. The lowest BCUT2D eigenvalue weighted by Crippen LogP contribution is -2.32. The molecule has 7 nitrogen and oxygen atoms in total. The molecular weight excluding hydrogens is 396 g/mol. The Labute approximate surface area is 182 Å². The van der Waals surface area contributed by atoms with E-state index in [0.29, 0.717) is 13.1 Å². The number of nitrogens with one attached hydrogen (secondary N) is 2. The van der Waals surface area contributed by atoms with Crippen LogP contribution in [0.15, 0.2) is 41.7 Å². The highest BCUT2D eigenvalue weighted by atomic mass is 32.2. The summed E-state index contributed by atoms with van der Waals surface area (Å²) < 4.78 is 1.84. The molecule has 0 saturated carbocycles. The molecule has 3 rings (SSSR count). The van der Waals surface area contributed by atoms with Gasteiger partial charge in [-0.05, 0) is 24.2 Å². The van der Waals surface area contributed by atoms with Crippen LogP contribution in [0.3, 0.4) is 0 Å². The lowest BCUT2D eigenvalue weighted by molar-refractivity contribution is -0.122. The van der Waals surface area contributed by atoms with Gasteiger partial charge in [0, 0.05) is 13.1 Å². The van der Waals surface area contributed by atoms with Gasteiger partial charge in [0.05, 0.1) is 24.0 Å². The second kappa shape index (κ2) is 11.0. The van der Waals surface area contributed by atoms with Crippen molar-refractivity contribution in [3.05, 3.63) is 42.1 Å². The second-order valence-corrected chi connectivity index (χ2v) is 8.21. The third kappa shape index (κ3) is 5.30. The summed E-state index contributed by atoms with van der Waals surface area (Å²) in [5.74, 6) is 1.63. The minimum atomic E-state index is -0.139. The Hall–Kier alpha value is -2.61. The second-order valence-electron chi connectivity index (χ2n) is 6.98. The Balaban J connectivity index is 1.71. The van der Waals surface area contributed by atoms with Crippen molar-refractivity contribution in [2.45, 2.75) is 51.2 Å². The molecule has 0 radical (unpaired) electrons. The summed E-state index contributed by atoms with van der Waals surface area (Å²) in [6, 6.07) is 9.91. The number of benzene rings is 1. The predicted octanol–water partition coefficient (Wildman–Crippen LogP) is 4.07. The van der Waals surface area contributed by atoms with Gasteiger partial charge in [0.25, 0.3) is 0 Å². The van der Waals surface area contributed by atoms with Gasteiger partial charge in [-0.1, -0.05) is 62.9 Å². The van der Waals surface area contributed by atoms with Crippen LogP contribution in [0.25, 0.3) is 11.0 Å². The first kappa shape index (κ1) is 22.1. The Kier molecular flexibility index (Phi) is 8.07. The van der Waals surface area contributed by atoms with Gasteiger partial charge in [-0.15, -0.1) is 0 Å². The molecule has 3 aromatic rings. The first-order valence-electron chi connectivity index (χ1n) is 10.6. The highest BCUT2D eigenvalue weighted by Crippen LogP contribution is 2.24. The fourth-order valence-corrected chi connectivity index (χ4v) is 3.90. The number of carbonyl (C=O) groups is 1. The lowest BCUT2D eigenvalue weighted by Gasteiger charge is -2.15. The van der Waals surface area contributed by atoms with Gasteiger partial charge in [-0.3, -0.25) is 4.79 Å². The molecule has 0 aliphatic rings. The molecule has 2 heterocycles. The smallest absolute Gasteiger partial charge is 0.227 e. The number of anilines is 1. The van der Waals surface area contributed by atoms with Crippen LogP contribution in [0.2, 0.25) is 0 Å². The van der Waals surface area contributed by atoms with Crippen LogP contribution < -0.4 is 10.6 Å². The maximum absolute atomic E-state index is 12.7. The van der Waals surface area contributed by atoms with Crippen LogP contribution in [0.1, 0.15) is 45.1 Å².